The number of carbonyl (C=O) groups is 1. The Kier molecular flexibility index (Phi) is 6.02. The summed E-state index contributed by atoms with van der Waals surface area (Å²) in [6.07, 6.45) is 2.71. The van der Waals surface area contributed by atoms with E-state index in [0.717, 1.165) is 18.7 Å². The molecule has 3 aromatic rings. The molecule has 1 aromatic heterocycles. The van der Waals surface area contributed by atoms with Crippen LogP contribution in [0.1, 0.15) is 51.5 Å². The Bertz CT molecular complexity index is 1220. The number of fused-ring (bicyclic) bond motifs is 1. The molecular formula is C26H30N4O3S. The van der Waals surface area contributed by atoms with E-state index >= 15 is 0 Å². The summed E-state index contributed by atoms with van der Waals surface area (Å²) in [5, 5.41) is 8.41. The lowest BCUT2D eigenvalue weighted by molar-refractivity contribution is -0.118. The smallest absolute Gasteiger partial charge is 0.247 e. The zero-order valence-electron chi connectivity index (χ0n) is 19.9. The van der Waals surface area contributed by atoms with Gasteiger partial charge in [-0.25, -0.2) is 0 Å². The van der Waals surface area contributed by atoms with Crippen LogP contribution in [0, 0.1) is 0 Å². The van der Waals surface area contributed by atoms with Gasteiger partial charge in [0.2, 0.25) is 17.7 Å². The third-order valence-electron chi connectivity index (χ3n) is 6.36. The van der Waals surface area contributed by atoms with Gasteiger partial charge in [-0.2, -0.15) is 0 Å². The van der Waals surface area contributed by atoms with Crippen molar-refractivity contribution in [2.75, 3.05) is 28.6 Å². The van der Waals surface area contributed by atoms with Crippen molar-refractivity contribution in [3.8, 4) is 11.5 Å². The van der Waals surface area contributed by atoms with Crippen LogP contribution >= 0.6 is 0 Å². The molecule has 7 nitrogen and oxygen atoms in total. The molecule has 8 heteroatoms. The maximum Gasteiger partial charge on any atom is 0.247 e. The Morgan fingerprint density at radius 2 is 1.76 bits per heavy atom. The van der Waals surface area contributed by atoms with Gasteiger partial charge in [-0.1, -0.05) is 32.9 Å². The summed E-state index contributed by atoms with van der Waals surface area (Å²) in [5.41, 5.74) is 3.36. The summed E-state index contributed by atoms with van der Waals surface area (Å²) in [6.45, 7) is 8.65. The number of anilines is 2. The third kappa shape index (κ3) is 4.51. The Hall–Kier alpha value is -3.00. The van der Waals surface area contributed by atoms with Gasteiger partial charge < -0.3 is 14.2 Å². The van der Waals surface area contributed by atoms with E-state index in [1.165, 1.54) is 18.5 Å². The standard InChI is InChI=1S/C26H30N4O3S/c1-26(2,3)25-28-27-24(33-25)19-8-11-22-21(16-19)30(23(31)12-15-34(22)32)17-18-6-9-20(10-7-18)29-13-4-5-14-29/h6-11,16H,4-5,12-15,17H2,1-3H3. The van der Waals surface area contributed by atoms with Gasteiger partial charge in [-0.3, -0.25) is 9.00 Å². The lowest BCUT2D eigenvalue weighted by atomic mass is 9.97. The van der Waals surface area contributed by atoms with Crippen LogP contribution in [0.15, 0.2) is 51.8 Å². The highest BCUT2D eigenvalue weighted by Crippen LogP contribution is 2.35. The van der Waals surface area contributed by atoms with E-state index in [2.05, 4.69) is 39.4 Å². The molecule has 5 rings (SSSR count). The van der Waals surface area contributed by atoms with Crippen molar-refractivity contribution in [1.82, 2.24) is 10.2 Å². The molecule has 0 saturated carbocycles. The summed E-state index contributed by atoms with van der Waals surface area (Å²) in [7, 11) is -1.25. The first-order valence-electron chi connectivity index (χ1n) is 11.8. The molecule has 1 amide bonds. The molecule has 2 aliphatic rings. The molecule has 3 heterocycles. The van der Waals surface area contributed by atoms with Crippen LogP contribution in [0.2, 0.25) is 0 Å². The van der Waals surface area contributed by atoms with Gasteiger partial charge in [0.15, 0.2) is 0 Å². The molecule has 34 heavy (non-hydrogen) atoms. The first kappa shape index (κ1) is 22.8. The monoisotopic (exact) mass is 478 g/mol. The predicted molar refractivity (Wildman–Crippen MR) is 133 cm³/mol. The van der Waals surface area contributed by atoms with Crippen LogP contribution in [0.25, 0.3) is 11.5 Å². The van der Waals surface area contributed by atoms with Gasteiger partial charge in [0, 0.05) is 41.9 Å². The van der Waals surface area contributed by atoms with Gasteiger partial charge in [0.25, 0.3) is 0 Å². The summed E-state index contributed by atoms with van der Waals surface area (Å²) < 4.78 is 18.8. The molecule has 0 spiro atoms. The van der Waals surface area contributed by atoms with E-state index in [-0.39, 0.29) is 17.7 Å². The fraction of sp³-hybridized carbons (Fsp3) is 0.423. The van der Waals surface area contributed by atoms with Crippen molar-refractivity contribution in [2.24, 2.45) is 0 Å². The molecule has 1 unspecified atom stereocenters. The van der Waals surface area contributed by atoms with Crippen LogP contribution in [0.5, 0.6) is 0 Å². The Labute approximate surface area is 202 Å². The number of hydrogen-bond acceptors (Lipinski definition) is 6. The number of carbonyl (C=O) groups excluding carboxylic acids is 1. The minimum atomic E-state index is -1.25. The normalized spacial score (nSPS) is 18.8. The minimum Gasteiger partial charge on any atom is -0.420 e. The molecule has 178 valence electrons. The number of rotatable bonds is 4. The maximum atomic E-state index is 13.1. The number of amides is 1. The van der Waals surface area contributed by atoms with E-state index in [9.17, 15) is 9.00 Å². The Morgan fingerprint density at radius 1 is 1.03 bits per heavy atom. The predicted octanol–water partition coefficient (Wildman–Crippen LogP) is 4.68. The number of benzene rings is 2. The van der Waals surface area contributed by atoms with Crippen molar-refractivity contribution >= 4 is 28.1 Å². The molecule has 0 N–H and O–H groups in total. The van der Waals surface area contributed by atoms with Gasteiger partial charge >= 0.3 is 0 Å². The number of aromatic nitrogens is 2. The van der Waals surface area contributed by atoms with Gasteiger partial charge in [0.05, 0.1) is 27.9 Å². The van der Waals surface area contributed by atoms with E-state index in [4.69, 9.17) is 4.42 Å². The lowest BCUT2D eigenvalue weighted by Gasteiger charge is -2.24. The number of nitrogens with zero attached hydrogens (tertiary/aromatic N) is 4. The average Bonchev–Trinajstić information content (AvgIpc) is 3.52. The van der Waals surface area contributed by atoms with E-state index < -0.39 is 10.8 Å². The van der Waals surface area contributed by atoms with Crippen molar-refractivity contribution in [3.63, 3.8) is 0 Å². The van der Waals surface area contributed by atoms with Crippen LogP contribution in [0.4, 0.5) is 11.4 Å². The molecule has 1 fully saturated rings. The molecule has 1 atom stereocenters. The molecule has 1 saturated heterocycles. The highest BCUT2D eigenvalue weighted by molar-refractivity contribution is 7.85. The van der Waals surface area contributed by atoms with Crippen molar-refractivity contribution in [1.29, 1.82) is 0 Å². The van der Waals surface area contributed by atoms with E-state index in [1.54, 1.807) is 4.90 Å². The second kappa shape index (κ2) is 8.98. The highest BCUT2D eigenvalue weighted by Gasteiger charge is 2.28. The van der Waals surface area contributed by atoms with Crippen LogP contribution in [-0.4, -0.2) is 39.2 Å². The molecule has 2 aliphatic heterocycles. The zero-order chi connectivity index (χ0) is 23.9. The van der Waals surface area contributed by atoms with Crippen molar-refractivity contribution < 1.29 is 13.4 Å². The summed E-state index contributed by atoms with van der Waals surface area (Å²) in [6, 6.07) is 13.9. The first-order valence-corrected chi connectivity index (χ1v) is 13.1. The topological polar surface area (TPSA) is 79.5 Å². The second-order valence-corrected chi connectivity index (χ2v) is 11.5. The fourth-order valence-corrected chi connectivity index (χ4v) is 5.60. The summed E-state index contributed by atoms with van der Waals surface area (Å²) in [5.74, 6) is 1.23. The molecule has 0 radical (unpaired) electrons. The van der Waals surface area contributed by atoms with Gasteiger partial charge in [-0.15, -0.1) is 10.2 Å². The lowest BCUT2D eigenvalue weighted by Crippen LogP contribution is -2.30. The zero-order valence-corrected chi connectivity index (χ0v) is 20.7. The van der Waals surface area contributed by atoms with Crippen LogP contribution < -0.4 is 9.80 Å². The molecule has 2 aromatic carbocycles. The Balaban J connectivity index is 1.47. The maximum absolute atomic E-state index is 13.1. The highest BCUT2D eigenvalue weighted by atomic mass is 32.2. The molecule has 0 bridgehead atoms. The second-order valence-electron chi connectivity index (χ2n) is 9.99. The minimum absolute atomic E-state index is 0.0335. The van der Waals surface area contributed by atoms with E-state index in [1.807, 2.05) is 39.0 Å². The van der Waals surface area contributed by atoms with Gasteiger partial charge in [0.1, 0.15) is 0 Å². The first-order chi connectivity index (χ1) is 16.3. The quantitative estimate of drug-likeness (QED) is 0.542. The molecular weight excluding hydrogens is 448 g/mol. The van der Waals surface area contributed by atoms with E-state index in [0.29, 0.717) is 40.2 Å². The SMILES string of the molecule is CC(C)(C)c1nnc(-c2ccc3c(c2)N(Cc2ccc(N4CCCC4)cc2)C(=O)CCS3=O)o1. The fourth-order valence-electron chi connectivity index (χ4n) is 4.40. The Morgan fingerprint density at radius 3 is 2.44 bits per heavy atom. The average molecular weight is 479 g/mol. The van der Waals surface area contributed by atoms with Crippen LogP contribution in [-0.2, 0) is 27.6 Å². The van der Waals surface area contributed by atoms with Crippen LogP contribution in [0.3, 0.4) is 0 Å². The van der Waals surface area contributed by atoms with Gasteiger partial charge in [-0.05, 0) is 48.7 Å². The largest absolute Gasteiger partial charge is 0.420 e. The molecule has 0 aliphatic carbocycles. The number of hydrogen-bond donors (Lipinski definition) is 0. The van der Waals surface area contributed by atoms with Crippen molar-refractivity contribution in [3.05, 3.63) is 53.9 Å². The van der Waals surface area contributed by atoms with Crippen molar-refractivity contribution in [2.45, 2.75) is 56.9 Å². The summed E-state index contributed by atoms with van der Waals surface area (Å²) >= 11 is 0. The summed E-state index contributed by atoms with van der Waals surface area (Å²) in [4.78, 5) is 17.9. The third-order valence-corrected chi connectivity index (χ3v) is 7.77.